The van der Waals surface area contributed by atoms with Crippen LogP contribution in [-0.2, 0) is 14.8 Å². The smallest absolute Gasteiger partial charge is 0.335 e. The van der Waals surface area contributed by atoms with Gasteiger partial charge in [0.2, 0.25) is 15.9 Å². The molecule has 106 valence electrons. The van der Waals surface area contributed by atoms with Crippen LogP contribution < -0.4 is 5.73 Å². The Hall–Kier alpha value is -2.19. The summed E-state index contributed by atoms with van der Waals surface area (Å²) in [7, 11) is -3.77. The summed E-state index contributed by atoms with van der Waals surface area (Å²) < 4.78 is 25.7. The van der Waals surface area contributed by atoms with Crippen LogP contribution in [0.1, 0.15) is 10.4 Å². The summed E-state index contributed by atoms with van der Waals surface area (Å²) in [5.41, 5.74) is 5.35. The van der Waals surface area contributed by atoms with Gasteiger partial charge in [-0.25, -0.2) is 13.2 Å². The first-order valence-corrected chi connectivity index (χ1v) is 7.08. The molecule has 1 heterocycles. The molecule has 1 aromatic carbocycles. The van der Waals surface area contributed by atoms with Gasteiger partial charge in [-0.05, 0) is 24.3 Å². The van der Waals surface area contributed by atoms with Crippen LogP contribution in [0.25, 0.3) is 0 Å². The van der Waals surface area contributed by atoms with E-state index in [1.54, 1.807) is 0 Å². The highest BCUT2D eigenvalue weighted by molar-refractivity contribution is 7.89. The normalized spacial score (nSPS) is 15.9. The lowest BCUT2D eigenvalue weighted by Gasteiger charge is -2.16. The van der Waals surface area contributed by atoms with Gasteiger partial charge < -0.3 is 10.8 Å². The third-order valence-electron chi connectivity index (χ3n) is 2.94. The van der Waals surface area contributed by atoms with Crippen LogP contribution in [-0.4, -0.2) is 42.8 Å². The van der Waals surface area contributed by atoms with E-state index in [4.69, 9.17) is 10.8 Å². The van der Waals surface area contributed by atoms with Crippen molar-refractivity contribution in [1.29, 1.82) is 0 Å². The second kappa shape index (κ2) is 5.06. The van der Waals surface area contributed by atoms with E-state index in [0.29, 0.717) is 0 Å². The topological polar surface area (TPSA) is 118 Å². The monoisotopic (exact) mass is 296 g/mol. The van der Waals surface area contributed by atoms with Crippen molar-refractivity contribution in [3.8, 4) is 0 Å². The number of carboxylic acids is 1. The van der Waals surface area contributed by atoms with Crippen molar-refractivity contribution in [3.05, 3.63) is 41.5 Å². The lowest BCUT2D eigenvalue weighted by molar-refractivity contribution is -0.114. The van der Waals surface area contributed by atoms with Crippen molar-refractivity contribution >= 4 is 21.9 Å². The quantitative estimate of drug-likeness (QED) is 0.797. The van der Waals surface area contributed by atoms with Gasteiger partial charge in [-0.1, -0.05) is 6.08 Å². The lowest BCUT2D eigenvalue weighted by atomic mass is 10.2. The molecule has 0 atom stereocenters. The zero-order chi connectivity index (χ0) is 14.9. The zero-order valence-corrected chi connectivity index (χ0v) is 11.1. The summed E-state index contributed by atoms with van der Waals surface area (Å²) in [5, 5.41) is 8.77. The molecule has 1 aliphatic rings. The summed E-state index contributed by atoms with van der Waals surface area (Å²) in [5.74, 6) is -1.78. The van der Waals surface area contributed by atoms with E-state index >= 15 is 0 Å². The average Bonchev–Trinajstić information content (AvgIpc) is 2.89. The first-order chi connectivity index (χ1) is 9.32. The van der Waals surface area contributed by atoms with Crippen molar-refractivity contribution in [1.82, 2.24) is 4.31 Å². The molecule has 0 unspecified atom stereocenters. The van der Waals surface area contributed by atoms with Gasteiger partial charge in [0, 0.05) is 18.7 Å². The van der Waals surface area contributed by atoms with Crippen molar-refractivity contribution in [2.75, 3.05) is 13.1 Å². The zero-order valence-electron chi connectivity index (χ0n) is 10.3. The number of carbonyl (C=O) groups is 2. The van der Waals surface area contributed by atoms with Gasteiger partial charge in [0.15, 0.2) is 0 Å². The third-order valence-corrected chi connectivity index (χ3v) is 4.77. The summed E-state index contributed by atoms with van der Waals surface area (Å²) in [6.07, 6.45) is 1.46. The van der Waals surface area contributed by atoms with Gasteiger partial charge in [-0.3, -0.25) is 4.79 Å². The largest absolute Gasteiger partial charge is 0.478 e. The predicted octanol–water partition coefficient (Wildman–Crippen LogP) is -0.199. The molecule has 0 saturated heterocycles. The van der Waals surface area contributed by atoms with Crippen LogP contribution >= 0.6 is 0 Å². The number of rotatable bonds is 4. The van der Waals surface area contributed by atoms with Crippen molar-refractivity contribution < 1.29 is 23.1 Å². The van der Waals surface area contributed by atoms with Gasteiger partial charge >= 0.3 is 5.97 Å². The summed E-state index contributed by atoms with van der Waals surface area (Å²) in [6, 6.07) is 4.88. The summed E-state index contributed by atoms with van der Waals surface area (Å²) >= 11 is 0. The van der Waals surface area contributed by atoms with E-state index in [-0.39, 0.29) is 29.1 Å². The summed E-state index contributed by atoms with van der Waals surface area (Å²) in [4.78, 5) is 21.7. The number of nitrogens with zero attached hydrogens (tertiary/aromatic N) is 1. The Bertz CT molecular complexity index is 691. The number of carboxylic acid groups (broad SMARTS) is 1. The van der Waals surface area contributed by atoms with E-state index < -0.39 is 21.9 Å². The molecule has 2 rings (SSSR count). The predicted molar refractivity (Wildman–Crippen MR) is 69.4 cm³/mol. The number of sulfonamides is 1. The van der Waals surface area contributed by atoms with E-state index in [9.17, 15) is 18.0 Å². The van der Waals surface area contributed by atoms with E-state index in [1.165, 1.54) is 30.3 Å². The molecular formula is C12H12N2O5S. The van der Waals surface area contributed by atoms with Gasteiger partial charge in [-0.2, -0.15) is 4.31 Å². The number of nitrogens with two attached hydrogens (primary N) is 1. The van der Waals surface area contributed by atoms with Crippen LogP contribution in [0.15, 0.2) is 40.8 Å². The molecule has 0 radical (unpaired) electrons. The number of amides is 1. The van der Waals surface area contributed by atoms with E-state index in [2.05, 4.69) is 0 Å². The Morgan fingerprint density at radius 1 is 1.20 bits per heavy atom. The Morgan fingerprint density at radius 2 is 1.80 bits per heavy atom. The maximum Gasteiger partial charge on any atom is 0.335 e. The standard InChI is InChI=1S/C12H12N2O5S/c13-11(15)9-5-6-14(7-9)20(18,19)10-3-1-8(2-4-10)12(16)17/h1-5H,6-7H2,(H2,13,15)(H,16,17). The molecule has 20 heavy (non-hydrogen) atoms. The fraction of sp³-hybridized carbons (Fsp3) is 0.167. The third kappa shape index (κ3) is 2.56. The second-order valence-electron chi connectivity index (χ2n) is 4.22. The molecule has 1 aliphatic heterocycles. The molecule has 3 N–H and O–H groups in total. The number of hydrogen-bond acceptors (Lipinski definition) is 4. The maximum absolute atomic E-state index is 12.3. The SMILES string of the molecule is NC(=O)C1=CCN(S(=O)(=O)c2ccc(C(=O)O)cc2)C1. The number of carbonyl (C=O) groups excluding carboxylic acids is 1. The molecule has 0 spiro atoms. The lowest BCUT2D eigenvalue weighted by Crippen LogP contribution is -2.30. The molecule has 7 nitrogen and oxygen atoms in total. The van der Waals surface area contributed by atoms with Crippen LogP contribution in [0.4, 0.5) is 0 Å². The molecule has 8 heteroatoms. The minimum atomic E-state index is -3.77. The number of primary amides is 1. The van der Waals surface area contributed by atoms with E-state index in [0.717, 1.165) is 4.31 Å². The molecule has 0 fully saturated rings. The fourth-order valence-corrected chi connectivity index (χ4v) is 3.17. The maximum atomic E-state index is 12.3. The van der Waals surface area contributed by atoms with Crippen molar-refractivity contribution in [2.45, 2.75) is 4.90 Å². The van der Waals surface area contributed by atoms with Crippen LogP contribution in [0.2, 0.25) is 0 Å². The number of aromatic carboxylic acids is 1. The van der Waals surface area contributed by atoms with E-state index in [1.807, 2.05) is 0 Å². The second-order valence-corrected chi connectivity index (χ2v) is 6.16. The molecule has 0 aliphatic carbocycles. The highest BCUT2D eigenvalue weighted by Gasteiger charge is 2.29. The molecule has 0 aromatic heterocycles. The van der Waals surface area contributed by atoms with Crippen molar-refractivity contribution in [2.24, 2.45) is 5.73 Å². The first kappa shape index (κ1) is 14.2. The Kier molecular flexibility index (Phi) is 3.60. The van der Waals surface area contributed by atoms with Gasteiger partial charge in [-0.15, -0.1) is 0 Å². The van der Waals surface area contributed by atoms with Crippen LogP contribution in [0.5, 0.6) is 0 Å². The fourth-order valence-electron chi connectivity index (χ4n) is 1.81. The number of hydrogen-bond donors (Lipinski definition) is 2. The first-order valence-electron chi connectivity index (χ1n) is 5.64. The molecule has 1 amide bonds. The van der Waals surface area contributed by atoms with Crippen molar-refractivity contribution in [3.63, 3.8) is 0 Å². The van der Waals surface area contributed by atoms with Crippen LogP contribution in [0.3, 0.4) is 0 Å². The Morgan fingerprint density at radius 3 is 2.25 bits per heavy atom. The van der Waals surface area contributed by atoms with Gasteiger partial charge in [0.1, 0.15) is 0 Å². The Balaban J connectivity index is 2.24. The number of benzene rings is 1. The highest BCUT2D eigenvalue weighted by atomic mass is 32.2. The van der Waals surface area contributed by atoms with Crippen LogP contribution in [0, 0.1) is 0 Å². The Labute approximate surface area is 115 Å². The molecule has 0 bridgehead atoms. The summed E-state index contributed by atoms with van der Waals surface area (Å²) in [6.45, 7) is -0.000360. The molecular weight excluding hydrogens is 284 g/mol. The minimum absolute atomic E-state index is 0.00122. The van der Waals surface area contributed by atoms with Gasteiger partial charge in [0.05, 0.1) is 10.5 Å². The molecule has 1 aromatic rings. The average molecular weight is 296 g/mol. The van der Waals surface area contributed by atoms with Gasteiger partial charge in [0.25, 0.3) is 0 Å². The molecule has 0 saturated carbocycles. The minimum Gasteiger partial charge on any atom is -0.478 e. The highest BCUT2D eigenvalue weighted by Crippen LogP contribution is 2.21.